The largest absolute Gasteiger partial charge is 0.360 e. The molecule has 9 nitrogen and oxygen atoms in total. The van der Waals surface area contributed by atoms with Crippen molar-refractivity contribution < 1.29 is 10.1 Å². The maximum absolute atomic E-state index is 10.7. The lowest BCUT2D eigenvalue weighted by atomic mass is 10.3. The van der Waals surface area contributed by atoms with E-state index in [9.17, 15) is 20.2 Å². The molecule has 0 spiro atoms. The zero-order chi connectivity index (χ0) is 12.1. The number of benzene rings is 1. The Morgan fingerprint density at radius 2 is 1.81 bits per heavy atom. The number of para-hydroxylation sites is 1. The van der Waals surface area contributed by atoms with Crippen LogP contribution in [0.2, 0.25) is 0 Å². The maximum atomic E-state index is 10.7. The van der Waals surface area contributed by atoms with Crippen LogP contribution in [0.15, 0.2) is 35.4 Å². The van der Waals surface area contributed by atoms with Crippen LogP contribution in [-0.4, -0.2) is 16.0 Å². The topological polar surface area (TPSA) is 128 Å². The van der Waals surface area contributed by atoms with Crippen LogP contribution in [0.25, 0.3) is 0 Å². The van der Waals surface area contributed by atoms with Gasteiger partial charge in [-0.3, -0.25) is 0 Å². The first kappa shape index (κ1) is 11.4. The van der Waals surface area contributed by atoms with Crippen LogP contribution in [0.5, 0.6) is 0 Å². The molecule has 0 atom stereocenters. The molecule has 0 saturated heterocycles. The molecule has 1 aromatic carbocycles. The van der Waals surface area contributed by atoms with Gasteiger partial charge in [0.2, 0.25) is 0 Å². The summed E-state index contributed by atoms with van der Waals surface area (Å²) < 4.78 is 0. The smallest absolute Gasteiger partial charge is 0.335 e. The van der Waals surface area contributed by atoms with Crippen LogP contribution in [0, 0.1) is 20.2 Å². The summed E-state index contributed by atoms with van der Waals surface area (Å²) in [6, 6.07) is 7.47. The van der Waals surface area contributed by atoms with Gasteiger partial charge < -0.3 is 5.73 Å². The van der Waals surface area contributed by atoms with Crippen LogP contribution in [0.1, 0.15) is 0 Å². The first-order chi connectivity index (χ1) is 7.52. The number of rotatable bonds is 3. The van der Waals surface area contributed by atoms with Gasteiger partial charge in [0, 0.05) is 0 Å². The van der Waals surface area contributed by atoms with Gasteiger partial charge in [-0.25, -0.2) is 20.2 Å². The van der Waals surface area contributed by atoms with E-state index in [1.54, 1.807) is 6.07 Å². The standard InChI is InChI=1S/C7H7N5O4/c8-7(9-11(13)14)10(12(15)16)6-4-2-1-3-5-6/h1-5H,(H2,8,9). The van der Waals surface area contributed by atoms with E-state index in [2.05, 4.69) is 5.10 Å². The molecule has 0 unspecified atom stereocenters. The summed E-state index contributed by atoms with van der Waals surface area (Å²) in [5, 5.41) is 21.7. The van der Waals surface area contributed by atoms with Gasteiger partial charge in [-0.1, -0.05) is 18.2 Å². The minimum absolute atomic E-state index is 0.0793. The zero-order valence-electron chi connectivity index (χ0n) is 7.89. The number of nitro groups is 2. The molecule has 0 saturated carbocycles. The first-order valence-electron chi connectivity index (χ1n) is 4.00. The van der Waals surface area contributed by atoms with E-state index in [1.807, 2.05) is 0 Å². The predicted molar refractivity (Wildman–Crippen MR) is 54.5 cm³/mol. The fraction of sp³-hybridized carbons (Fsp3) is 0. The molecule has 0 fully saturated rings. The highest BCUT2D eigenvalue weighted by Crippen LogP contribution is 2.12. The lowest BCUT2D eigenvalue weighted by Crippen LogP contribution is -2.42. The summed E-state index contributed by atoms with van der Waals surface area (Å²) in [5.41, 5.74) is 5.22. The van der Waals surface area contributed by atoms with Crippen LogP contribution in [0.4, 0.5) is 5.69 Å². The van der Waals surface area contributed by atoms with Crippen molar-refractivity contribution in [3.05, 3.63) is 50.6 Å². The van der Waals surface area contributed by atoms with Gasteiger partial charge in [0.1, 0.15) is 10.8 Å². The molecule has 0 aliphatic heterocycles. The monoisotopic (exact) mass is 225 g/mol. The number of hydrogen-bond donors (Lipinski definition) is 1. The molecule has 9 heteroatoms. The summed E-state index contributed by atoms with van der Waals surface area (Å²) in [4.78, 5) is 20.7. The van der Waals surface area contributed by atoms with Crippen LogP contribution in [-0.2, 0) is 0 Å². The number of hydrogen-bond acceptors (Lipinski definition) is 4. The highest BCUT2D eigenvalue weighted by Gasteiger charge is 2.24. The number of guanidine groups is 1. The van der Waals surface area contributed by atoms with Crippen LogP contribution in [0.3, 0.4) is 0 Å². The number of nitrogens with zero attached hydrogens (tertiary/aromatic N) is 4. The van der Waals surface area contributed by atoms with Crippen molar-refractivity contribution in [2.24, 2.45) is 10.8 Å². The van der Waals surface area contributed by atoms with Crippen molar-refractivity contribution in [2.75, 3.05) is 5.01 Å². The van der Waals surface area contributed by atoms with Crippen molar-refractivity contribution in [1.29, 1.82) is 0 Å². The Kier molecular flexibility index (Phi) is 3.33. The van der Waals surface area contributed by atoms with Gasteiger partial charge in [-0.05, 0) is 17.1 Å². The molecule has 2 N–H and O–H groups in total. The van der Waals surface area contributed by atoms with E-state index < -0.39 is 16.0 Å². The second-order valence-corrected chi connectivity index (χ2v) is 2.58. The average Bonchev–Trinajstić information content (AvgIpc) is 2.17. The molecule has 0 heterocycles. The Morgan fingerprint density at radius 3 is 2.25 bits per heavy atom. The number of nitrogens with two attached hydrogens (primary N) is 1. The highest BCUT2D eigenvalue weighted by atomic mass is 16.7. The van der Waals surface area contributed by atoms with Crippen molar-refractivity contribution in [2.45, 2.75) is 0 Å². The molecule has 1 aromatic rings. The molecule has 0 aliphatic rings. The lowest BCUT2D eigenvalue weighted by Gasteiger charge is -2.09. The SMILES string of the molecule is NC(=N[N+](=O)[O-])N(c1ccccc1)[N+](=O)[O-]. The third-order valence-electron chi connectivity index (χ3n) is 1.57. The molecular formula is C7H7N5O4. The molecule has 0 aliphatic carbocycles. The molecule has 0 amide bonds. The highest BCUT2D eigenvalue weighted by molar-refractivity contribution is 5.91. The van der Waals surface area contributed by atoms with Crippen LogP contribution >= 0.6 is 0 Å². The molecule has 0 radical (unpaired) electrons. The quantitative estimate of drug-likeness (QED) is 0.338. The van der Waals surface area contributed by atoms with Gasteiger partial charge in [-0.2, -0.15) is 0 Å². The summed E-state index contributed by atoms with van der Waals surface area (Å²) in [6.07, 6.45) is 0. The Hall–Kier alpha value is -2.71. The predicted octanol–water partition coefficient (Wildman–Crippen LogP) is 0.191. The Labute approximate surface area is 89.0 Å². The fourth-order valence-corrected chi connectivity index (χ4v) is 1.01. The Morgan fingerprint density at radius 1 is 1.25 bits per heavy atom. The van der Waals surface area contributed by atoms with Crippen molar-refractivity contribution in [1.82, 2.24) is 0 Å². The summed E-state index contributed by atoms with van der Waals surface area (Å²) >= 11 is 0. The summed E-state index contributed by atoms with van der Waals surface area (Å²) in [7, 11) is 0. The third kappa shape index (κ3) is 2.64. The normalized spacial score (nSPS) is 10.9. The molecule has 0 aromatic heterocycles. The van der Waals surface area contributed by atoms with E-state index in [0.717, 1.165) is 0 Å². The van der Waals surface area contributed by atoms with Crippen molar-refractivity contribution >= 4 is 11.6 Å². The van der Waals surface area contributed by atoms with E-state index in [4.69, 9.17) is 5.73 Å². The Bertz CT molecular complexity index is 432. The number of hydrazine groups is 1. The summed E-state index contributed by atoms with van der Waals surface area (Å²) in [5.74, 6) is -0.818. The van der Waals surface area contributed by atoms with Gasteiger partial charge in [0.15, 0.2) is 10.1 Å². The zero-order valence-corrected chi connectivity index (χ0v) is 7.89. The van der Waals surface area contributed by atoms with Crippen LogP contribution < -0.4 is 10.7 Å². The lowest BCUT2D eigenvalue weighted by molar-refractivity contribution is -0.496. The van der Waals surface area contributed by atoms with Gasteiger partial charge >= 0.3 is 5.96 Å². The molecule has 0 bridgehead atoms. The minimum atomic E-state index is -1.10. The Balaban J connectivity index is 3.11. The molecule has 84 valence electrons. The average molecular weight is 225 g/mol. The molecule has 1 rings (SSSR count). The second-order valence-electron chi connectivity index (χ2n) is 2.58. The maximum Gasteiger partial charge on any atom is 0.335 e. The number of hydrazone groups is 1. The van der Waals surface area contributed by atoms with E-state index in [0.29, 0.717) is 5.01 Å². The second kappa shape index (κ2) is 4.68. The summed E-state index contributed by atoms with van der Waals surface area (Å²) in [6.45, 7) is 0. The van der Waals surface area contributed by atoms with Gasteiger partial charge in [-0.15, -0.1) is 0 Å². The number of anilines is 1. The van der Waals surface area contributed by atoms with Crippen molar-refractivity contribution in [3.8, 4) is 0 Å². The van der Waals surface area contributed by atoms with Gasteiger partial charge in [0.05, 0.1) is 0 Å². The fourth-order valence-electron chi connectivity index (χ4n) is 1.01. The van der Waals surface area contributed by atoms with Crippen molar-refractivity contribution in [3.63, 3.8) is 0 Å². The molecule has 16 heavy (non-hydrogen) atoms. The van der Waals surface area contributed by atoms with E-state index in [1.165, 1.54) is 24.3 Å². The van der Waals surface area contributed by atoms with E-state index >= 15 is 0 Å². The first-order valence-corrected chi connectivity index (χ1v) is 4.00. The van der Waals surface area contributed by atoms with Gasteiger partial charge in [0.25, 0.3) is 0 Å². The minimum Gasteiger partial charge on any atom is -0.360 e. The molecular weight excluding hydrogens is 218 g/mol. The van der Waals surface area contributed by atoms with E-state index in [-0.39, 0.29) is 5.69 Å². The third-order valence-corrected chi connectivity index (χ3v) is 1.57.